The highest BCUT2D eigenvalue weighted by molar-refractivity contribution is 7.92. The molecule has 1 amide bonds. The molecule has 3 aromatic rings. The largest absolute Gasteiger partial charge is 0.322 e. The highest BCUT2D eigenvalue weighted by Gasteiger charge is 2.17. The Hall–Kier alpha value is -2.83. The van der Waals surface area contributed by atoms with Crippen LogP contribution in [0.1, 0.15) is 21.5 Å². The van der Waals surface area contributed by atoms with Crippen molar-refractivity contribution >= 4 is 38.9 Å². The van der Waals surface area contributed by atoms with Gasteiger partial charge in [-0.25, -0.2) is 8.42 Å². The third kappa shape index (κ3) is 4.71. The predicted octanol–water partition coefficient (Wildman–Crippen LogP) is 5.01. The van der Waals surface area contributed by atoms with Crippen LogP contribution < -0.4 is 10.0 Å². The summed E-state index contributed by atoms with van der Waals surface area (Å²) >= 11 is 6.21. The number of nitrogens with one attached hydrogen (secondary N) is 2. The molecule has 0 bridgehead atoms. The smallest absolute Gasteiger partial charge is 0.261 e. The first-order valence-corrected chi connectivity index (χ1v) is 10.4. The van der Waals surface area contributed by atoms with Crippen LogP contribution in [0.25, 0.3) is 0 Å². The first-order chi connectivity index (χ1) is 13.2. The SMILES string of the molecule is Cc1ccc(S(=O)(=O)Nc2ccc(C(=O)Nc3cccc(C)c3)cc2Cl)cc1. The first-order valence-electron chi connectivity index (χ1n) is 8.52. The minimum absolute atomic E-state index is 0.132. The molecule has 5 nitrogen and oxygen atoms in total. The van der Waals surface area contributed by atoms with Gasteiger partial charge in [0.15, 0.2) is 0 Å². The summed E-state index contributed by atoms with van der Waals surface area (Å²) in [6, 6.07) is 18.3. The van der Waals surface area contributed by atoms with E-state index in [0.717, 1.165) is 11.1 Å². The second-order valence-corrected chi connectivity index (χ2v) is 8.53. The molecule has 144 valence electrons. The number of sulfonamides is 1. The minimum Gasteiger partial charge on any atom is -0.322 e. The average molecular weight is 415 g/mol. The van der Waals surface area contributed by atoms with Gasteiger partial charge in [0.1, 0.15) is 0 Å². The zero-order valence-corrected chi connectivity index (χ0v) is 16.9. The summed E-state index contributed by atoms with van der Waals surface area (Å²) in [5, 5.41) is 2.92. The van der Waals surface area contributed by atoms with Gasteiger partial charge < -0.3 is 5.32 Å². The number of halogens is 1. The Bertz CT molecular complexity index is 1130. The van der Waals surface area contributed by atoms with E-state index in [-0.39, 0.29) is 21.5 Å². The van der Waals surface area contributed by atoms with Crippen LogP contribution in [0.5, 0.6) is 0 Å². The Balaban J connectivity index is 1.78. The van der Waals surface area contributed by atoms with Gasteiger partial charge in [0.2, 0.25) is 0 Å². The van der Waals surface area contributed by atoms with Gasteiger partial charge in [-0.1, -0.05) is 41.4 Å². The number of rotatable bonds is 5. The molecule has 3 rings (SSSR count). The second-order valence-electron chi connectivity index (χ2n) is 6.44. The van der Waals surface area contributed by atoms with E-state index in [4.69, 9.17) is 11.6 Å². The number of aryl methyl sites for hydroxylation is 2. The molecule has 0 aliphatic rings. The summed E-state index contributed by atoms with van der Waals surface area (Å²) in [5.74, 6) is -0.333. The van der Waals surface area contributed by atoms with Crippen molar-refractivity contribution in [2.45, 2.75) is 18.7 Å². The topological polar surface area (TPSA) is 75.3 Å². The van der Waals surface area contributed by atoms with Gasteiger partial charge in [-0.05, 0) is 61.9 Å². The van der Waals surface area contributed by atoms with Gasteiger partial charge in [-0.15, -0.1) is 0 Å². The lowest BCUT2D eigenvalue weighted by Gasteiger charge is -2.11. The Kier molecular flexibility index (Phi) is 5.72. The van der Waals surface area contributed by atoms with Gasteiger partial charge in [0, 0.05) is 11.3 Å². The molecule has 0 aliphatic heterocycles. The van der Waals surface area contributed by atoms with Crippen LogP contribution in [0.4, 0.5) is 11.4 Å². The maximum absolute atomic E-state index is 12.5. The van der Waals surface area contributed by atoms with Crippen molar-refractivity contribution in [3.63, 3.8) is 0 Å². The third-order valence-corrected chi connectivity index (χ3v) is 5.78. The Morgan fingerprint density at radius 2 is 1.61 bits per heavy atom. The lowest BCUT2D eigenvalue weighted by molar-refractivity contribution is 0.102. The number of hydrogen-bond acceptors (Lipinski definition) is 3. The van der Waals surface area contributed by atoms with Crippen LogP contribution in [0, 0.1) is 13.8 Å². The maximum Gasteiger partial charge on any atom is 0.261 e. The summed E-state index contributed by atoms with van der Waals surface area (Å²) in [5.41, 5.74) is 3.18. The van der Waals surface area contributed by atoms with Gasteiger partial charge in [-0.3, -0.25) is 9.52 Å². The zero-order valence-electron chi connectivity index (χ0n) is 15.4. The van der Waals surface area contributed by atoms with E-state index < -0.39 is 10.0 Å². The van der Waals surface area contributed by atoms with Crippen molar-refractivity contribution in [1.82, 2.24) is 0 Å². The summed E-state index contributed by atoms with van der Waals surface area (Å²) in [6.07, 6.45) is 0. The van der Waals surface area contributed by atoms with Crippen molar-refractivity contribution in [2.24, 2.45) is 0 Å². The summed E-state index contributed by atoms with van der Waals surface area (Å²) < 4.78 is 27.5. The number of carbonyl (C=O) groups excluding carboxylic acids is 1. The Labute approximate surface area is 169 Å². The fourth-order valence-electron chi connectivity index (χ4n) is 2.59. The standard InChI is InChI=1S/C21H19ClN2O3S/c1-14-6-9-18(10-7-14)28(26,27)24-20-11-8-16(13-19(20)22)21(25)23-17-5-3-4-15(2)12-17/h3-13,24H,1-2H3,(H,23,25). The van der Waals surface area contributed by atoms with Crippen LogP contribution in [0.3, 0.4) is 0 Å². The number of benzene rings is 3. The van der Waals surface area contributed by atoms with Crippen LogP contribution in [0.15, 0.2) is 71.6 Å². The normalized spacial score (nSPS) is 11.1. The lowest BCUT2D eigenvalue weighted by Crippen LogP contribution is -2.15. The molecule has 0 fully saturated rings. The van der Waals surface area contributed by atoms with Crippen molar-refractivity contribution in [1.29, 1.82) is 0 Å². The summed E-state index contributed by atoms with van der Waals surface area (Å²) in [7, 11) is -3.77. The van der Waals surface area contributed by atoms with E-state index >= 15 is 0 Å². The molecule has 0 saturated heterocycles. The molecule has 2 N–H and O–H groups in total. The van der Waals surface area contributed by atoms with E-state index in [2.05, 4.69) is 10.0 Å². The molecule has 0 aliphatic carbocycles. The fourth-order valence-corrected chi connectivity index (χ4v) is 3.95. The van der Waals surface area contributed by atoms with E-state index in [0.29, 0.717) is 11.3 Å². The molecule has 0 spiro atoms. The molecule has 0 atom stereocenters. The van der Waals surface area contributed by atoms with Gasteiger partial charge in [-0.2, -0.15) is 0 Å². The van der Waals surface area contributed by atoms with Crippen molar-refractivity contribution in [3.8, 4) is 0 Å². The van der Waals surface area contributed by atoms with Crippen LogP contribution >= 0.6 is 11.6 Å². The van der Waals surface area contributed by atoms with E-state index in [9.17, 15) is 13.2 Å². The molecular formula is C21H19ClN2O3S. The number of anilines is 2. The maximum atomic E-state index is 12.5. The second kappa shape index (κ2) is 8.04. The van der Waals surface area contributed by atoms with Gasteiger partial charge in [0.05, 0.1) is 15.6 Å². The molecule has 0 aromatic heterocycles. The molecular weight excluding hydrogens is 396 g/mol. The third-order valence-electron chi connectivity index (χ3n) is 4.08. The highest BCUT2D eigenvalue weighted by Crippen LogP contribution is 2.26. The molecule has 0 unspecified atom stereocenters. The molecule has 7 heteroatoms. The summed E-state index contributed by atoms with van der Waals surface area (Å²) in [4.78, 5) is 12.6. The zero-order chi connectivity index (χ0) is 20.3. The number of carbonyl (C=O) groups is 1. The number of hydrogen-bond donors (Lipinski definition) is 2. The van der Waals surface area contributed by atoms with Gasteiger partial charge in [0.25, 0.3) is 15.9 Å². The van der Waals surface area contributed by atoms with Crippen molar-refractivity contribution in [2.75, 3.05) is 10.0 Å². The number of amides is 1. The quantitative estimate of drug-likeness (QED) is 0.616. The lowest BCUT2D eigenvalue weighted by atomic mass is 10.1. The monoisotopic (exact) mass is 414 g/mol. The highest BCUT2D eigenvalue weighted by atomic mass is 35.5. The van der Waals surface area contributed by atoms with Gasteiger partial charge >= 0.3 is 0 Å². The first kappa shape index (κ1) is 19.9. The predicted molar refractivity (Wildman–Crippen MR) is 113 cm³/mol. The van der Waals surface area contributed by atoms with Crippen LogP contribution in [0.2, 0.25) is 5.02 Å². The average Bonchev–Trinajstić information content (AvgIpc) is 2.63. The summed E-state index contributed by atoms with van der Waals surface area (Å²) in [6.45, 7) is 3.81. The Morgan fingerprint density at radius 1 is 0.893 bits per heavy atom. The van der Waals surface area contributed by atoms with E-state index in [1.54, 1.807) is 18.2 Å². The van der Waals surface area contributed by atoms with Crippen LogP contribution in [-0.4, -0.2) is 14.3 Å². The Morgan fingerprint density at radius 3 is 2.25 bits per heavy atom. The molecule has 0 heterocycles. The fraction of sp³-hybridized carbons (Fsp3) is 0.0952. The van der Waals surface area contributed by atoms with Crippen LogP contribution in [-0.2, 0) is 10.0 Å². The van der Waals surface area contributed by atoms with E-state index in [1.165, 1.54) is 30.3 Å². The molecule has 28 heavy (non-hydrogen) atoms. The van der Waals surface area contributed by atoms with E-state index in [1.807, 2.05) is 32.0 Å². The molecule has 3 aromatic carbocycles. The van der Waals surface area contributed by atoms with Crippen molar-refractivity contribution in [3.05, 3.63) is 88.4 Å². The molecule has 0 saturated carbocycles. The molecule has 0 radical (unpaired) electrons. The van der Waals surface area contributed by atoms with Crippen molar-refractivity contribution < 1.29 is 13.2 Å². The minimum atomic E-state index is -3.77.